The van der Waals surface area contributed by atoms with Crippen molar-refractivity contribution in [3.05, 3.63) is 96.6 Å². The number of hydrogen-bond acceptors (Lipinski definition) is 25. The minimum Gasteiger partial charge on any atom is -0.504 e. The summed E-state index contributed by atoms with van der Waals surface area (Å²) in [6.45, 7) is 9.30. The van der Waals surface area contributed by atoms with Crippen molar-refractivity contribution in [1.29, 1.82) is 0 Å². The van der Waals surface area contributed by atoms with Crippen LogP contribution in [0.1, 0.15) is 62.9 Å². The van der Waals surface area contributed by atoms with Crippen LogP contribution < -0.4 is 41.0 Å². The fraction of sp³-hybridized carbons (Fsp3) is 0.492. The highest BCUT2D eigenvalue weighted by Crippen LogP contribution is 2.33. The molecule has 0 bridgehead atoms. The van der Waals surface area contributed by atoms with Crippen LogP contribution >= 0.6 is 12.3 Å². The highest BCUT2D eigenvalue weighted by molar-refractivity contribution is 7.90. The molecule has 510 valence electrons. The van der Waals surface area contributed by atoms with Gasteiger partial charge in [-0.15, -0.1) is 0 Å². The maximum absolute atomic E-state index is 15.0. The molecular weight excluding hydrogens is 1260 g/mol. The van der Waals surface area contributed by atoms with Crippen LogP contribution in [0.4, 0.5) is 10.5 Å². The summed E-state index contributed by atoms with van der Waals surface area (Å²) in [6, 6.07) is 7.48. The number of nitrogens with zero attached hydrogens (tertiary/aromatic N) is 4. The maximum Gasteiger partial charge on any atom is 0.407 e. The Balaban J connectivity index is 1.09. The largest absolute Gasteiger partial charge is 0.504 e. The van der Waals surface area contributed by atoms with Crippen LogP contribution in [0.25, 0.3) is 22.6 Å². The van der Waals surface area contributed by atoms with Crippen LogP contribution in [-0.2, 0) is 54.0 Å². The van der Waals surface area contributed by atoms with Crippen molar-refractivity contribution in [3.8, 4) is 34.1 Å². The Hall–Kier alpha value is -8.48. The summed E-state index contributed by atoms with van der Waals surface area (Å²) in [5.74, 6) is -9.30. The lowest BCUT2D eigenvalue weighted by Gasteiger charge is -2.36. The van der Waals surface area contributed by atoms with E-state index in [0.29, 0.717) is 17.0 Å². The monoisotopic (exact) mass is 1330 g/mol. The van der Waals surface area contributed by atoms with Gasteiger partial charge in [-0.05, 0) is 81.3 Å². The zero-order chi connectivity index (χ0) is 68.1. The molecule has 0 aliphatic carbocycles. The summed E-state index contributed by atoms with van der Waals surface area (Å²) in [6.07, 6.45) is -12.5. The number of anilines is 1. The lowest BCUT2D eigenvalue weighted by molar-refractivity contribution is -0.433. The standard InChI is InChI=1S/C61H78N10O22S/c1-6-19-88-61(86)62-18-17-45(76)51-60(85)71-26-30(2)53(78)52(71)58(83)63-25-39(73)22-42(64-54(79)37-10-8-35(9-11-37)41-24-47(90-68-41)36-12-14-38(15-13-36)69-27-31(3)89-32(4)28-69)55(80)65-49(33(5)72)59(84)70-29-40(74)23-43(70)56(81)66-50(57(82)67-51)46(77)20-34-7-16-44(75)48(21-34)91-94-93-92-87/h6-16,21,24,30-33,39-40,42-43,45-46,49-53,72-78,87H,1,17-20,22-23,25-29H2,2-5H3,(H,62,86)(H,63,83)(H,64,79)(H,65,80)(H,66,81)(H,67,82)/t30-,31-,32+,33+,39+,40+,42+,43+,45-,46-,49+,50+,51+,52+,53+/m1/s1. The number of ether oxygens (including phenoxy) is 2. The summed E-state index contributed by atoms with van der Waals surface area (Å²) >= 11 is 0.0610. The maximum atomic E-state index is 15.0. The molecule has 4 saturated heterocycles. The molecule has 33 heteroatoms. The van der Waals surface area contributed by atoms with Gasteiger partial charge in [-0.1, -0.05) is 52.3 Å². The molecule has 0 radical (unpaired) electrons. The first-order valence-electron chi connectivity index (χ1n) is 30.3. The number of phenolic OH excluding ortho intramolecular Hbond substituents is 1. The zero-order valence-corrected chi connectivity index (χ0v) is 52.5. The molecule has 4 aromatic rings. The van der Waals surface area contributed by atoms with Gasteiger partial charge < -0.3 is 101 Å². The van der Waals surface area contributed by atoms with Gasteiger partial charge in [0, 0.05) is 92.9 Å². The topological polar surface area (TPSA) is 452 Å². The smallest absolute Gasteiger partial charge is 0.407 e. The number of rotatable bonds is 19. The number of phenols is 1. The number of aliphatic hydroxyl groups excluding tert-OH is 6. The highest BCUT2D eigenvalue weighted by atomic mass is 32.2. The number of aromatic nitrogens is 1. The number of carbonyl (C=O) groups excluding carboxylic acids is 8. The number of β-amino-alcohol motifs (C(OH)–C–C–N with tert-alkyl or cyclic N) is 1. The SMILES string of the molecule is C=CCOC(=O)NCC[C@@H](O)[C@@H]1NC(=O)[C@H]([C@H](O)Cc2ccc(O)c(OSOOO)c2)NC(=O)[C@@H]2C[C@H](O)CN2C(=O)[C@H]([C@H](C)O)NC(=O)[C@@H](NC(=O)c2ccc(-c3cc(-c4ccc(N5C[C@@H](C)O[C@@H](C)C5)cc4)on3)cc2)C[C@H](O)CNC(=O)[C@@H]2[C@@H](O)[C@H](C)CN2C1=O. The number of morpholine rings is 1. The molecule has 8 amide bonds. The van der Waals surface area contributed by atoms with Crippen molar-refractivity contribution in [1.82, 2.24) is 46.9 Å². The molecule has 1 aromatic heterocycles. The third-order valence-corrected chi connectivity index (χ3v) is 16.7. The number of alkyl carbamates (subject to hydrolysis) is 1. The number of fused-ring (bicyclic) bond motifs is 2. The van der Waals surface area contributed by atoms with Crippen molar-refractivity contribution >= 4 is 65.5 Å². The fourth-order valence-corrected chi connectivity index (χ4v) is 11.8. The van der Waals surface area contributed by atoms with Gasteiger partial charge in [-0.25, -0.2) is 10.1 Å². The Labute approximate surface area is 543 Å². The highest BCUT2D eigenvalue weighted by Gasteiger charge is 2.50. The van der Waals surface area contributed by atoms with E-state index < -0.39 is 177 Å². The Kier molecular flexibility index (Phi) is 24.7. The van der Waals surface area contributed by atoms with Crippen molar-refractivity contribution in [2.45, 2.75) is 138 Å². The third-order valence-electron chi connectivity index (χ3n) is 16.3. The molecule has 8 rings (SSSR count). The quantitative estimate of drug-likeness (QED) is 0.0175. The molecule has 5 heterocycles. The Morgan fingerprint density at radius 2 is 1.46 bits per heavy atom. The Bertz CT molecular complexity index is 3320. The molecule has 32 nitrogen and oxygen atoms in total. The van der Waals surface area contributed by atoms with E-state index >= 15 is 0 Å². The third kappa shape index (κ3) is 18.0. The van der Waals surface area contributed by atoms with Crippen molar-refractivity contribution in [2.75, 3.05) is 50.8 Å². The van der Waals surface area contributed by atoms with Gasteiger partial charge in [0.15, 0.2) is 17.3 Å². The lowest BCUT2D eigenvalue weighted by Crippen LogP contribution is -2.64. The number of hydrogen-bond donors (Lipinski definition) is 14. The van der Waals surface area contributed by atoms with E-state index in [-0.39, 0.29) is 54.6 Å². The fourth-order valence-electron chi connectivity index (χ4n) is 11.6. The van der Waals surface area contributed by atoms with Gasteiger partial charge in [0.1, 0.15) is 48.6 Å². The van der Waals surface area contributed by atoms with E-state index in [9.17, 15) is 74.1 Å². The average molecular weight is 1340 g/mol. The zero-order valence-electron chi connectivity index (χ0n) is 51.6. The molecule has 14 N–H and O–H groups in total. The van der Waals surface area contributed by atoms with Gasteiger partial charge in [0.2, 0.25) is 35.4 Å². The van der Waals surface area contributed by atoms with E-state index in [4.69, 9.17) is 23.4 Å². The van der Waals surface area contributed by atoms with E-state index in [0.717, 1.165) is 53.2 Å². The van der Waals surface area contributed by atoms with Crippen LogP contribution in [0, 0.1) is 5.92 Å². The van der Waals surface area contributed by atoms with Crippen LogP contribution in [0.2, 0.25) is 0 Å². The molecule has 94 heavy (non-hydrogen) atoms. The molecule has 0 unspecified atom stereocenters. The first-order chi connectivity index (χ1) is 44.8. The molecular formula is C61H78N10O22S. The Morgan fingerprint density at radius 1 is 0.787 bits per heavy atom. The average Bonchev–Trinajstić information content (AvgIpc) is 1.63. The van der Waals surface area contributed by atoms with Gasteiger partial charge in [-0.2, -0.15) is 0 Å². The number of aromatic hydroxyl groups is 1. The van der Waals surface area contributed by atoms with Gasteiger partial charge >= 0.3 is 6.09 Å². The van der Waals surface area contributed by atoms with Crippen LogP contribution in [0.15, 0.2) is 90.0 Å². The van der Waals surface area contributed by atoms with E-state index in [1.807, 2.05) is 38.1 Å². The molecule has 4 fully saturated rings. The number of benzene rings is 3. The second kappa shape index (κ2) is 32.6. The van der Waals surface area contributed by atoms with E-state index in [2.05, 4.69) is 57.9 Å². The Morgan fingerprint density at radius 3 is 2.14 bits per heavy atom. The molecule has 15 atom stereocenters. The summed E-state index contributed by atoms with van der Waals surface area (Å²) in [7, 11) is 0. The van der Waals surface area contributed by atoms with Crippen molar-refractivity contribution in [2.24, 2.45) is 5.92 Å². The second-order valence-electron chi connectivity index (χ2n) is 23.6. The first-order valence-corrected chi connectivity index (χ1v) is 30.9. The number of amides is 8. The van der Waals surface area contributed by atoms with Crippen LogP contribution in [0.5, 0.6) is 11.5 Å². The van der Waals surface area contributed by atoms with Crippen molar-refractivity contribution < 1.29 is 107 Å². The normalized spacial score (nSPS) is 26.9. The van der Waals surface area contributed by atoms with E-state index in [1.165, 1.54) is 31.2 Å². The van der Waals surface area contributed by atoms with Gasteiger partial charge in [0.25, 0.3) is 18.2 Å². The van der Waals surface area contributed by atoms with E-state index in [1.54, 1.807) is 18.2 Å². The van der Waals surface area contributed by atoms with Crippen LogP contribution in [-0.4, -0.2) is 234 Å². The summed E-state index contributed by atoms with van der Waals surface area (Å²) < 4.78 is 25.9. The van der Waals surface area contributed by atoms with Gasteiger partial charge in [0.05, 0.1) is 48.8 Å². The number of carbonyl (C=O) groups is 8. The molecule has 4 aliphatic heterocycles. The van der Waals surface area contributed by atoms with Crippen molar-refractivity contribution in [3.63, 3.8) is 0 Å². The molecule has 3 aromatic carbocycles. The molecule has 0 spiro atoms. The molecule has 4 aliphatic rings. The summed E-state index contributed by atoms with van der Waals surface area (Å²) in [5, 5.41) is 110. The number of aliphatic hydroxyl groups is 6. The number of nitrogens with one attached hydrogen (secondary N) is 6. The first kappa shape index (κ1) is 71.4. The minimum atomic E-state index is -2.18. The molecule has 0 saturated carbocycles. The summed E-state index contributed by atoms with van der Waals surface area (Å²) in [5.41, 5.74) is 2.82. The lowest BCUT2D eigenvalue weighted by atomic mass is 9.98. The van der Waals surface area contributed by atoms with Crippen LogP contribution in [0.3, 0.4) is 0 Å². The second-order valence-corrected chi connectivity index (χ2v) is 24.0. The van der Waals surface area contributed by atoms with Gasteiger partial charge in [-0.3, -0.25) is 33.6 Å². The predicted molar refractivity (Wildman–Crippen MR) is 330 cm³/mol. The summed E-state index contributed by atoms with van der Waals surface area (Å²) in [4.78, 5) is 119. The predicted octanol–water partition coefficient (Wildman–Crippen LogP) is -1.06. The minimum absolute atomic E-state index is 0.00663.